The van der Waals surface area contributed by atoms with Crippen LogP contribution in [0.3, 0.4) is 0 Å². The predicted octanol–water partition coefficient (Wildman–Crippen LogP) is 1.62. The summed E-state index contributed by atoms with van der Waals surface area (Å²) in [6.07, 6.45) is 7.59. The fourth-order valence-corrected chi connectivity index (χ4v) is 1.91. The molecule has 1 fully saturated rings. The maximum Gasteiger partial charge on any atom is 0.332 e. The number of unbranched alkanes of at least 4 members (excludes halogenated alkanes) is 2. The van der Waals surface area contributed by atoms with Crippen LogP contribution in [-0.2, 0) is 14.3 Å². The Morgan fingerprint density at radius 1 is 1.19 bits per heavy atom. The third-order valence-corrected chi connectivity index (χ3v) is 2.81. The highest BCUT2D eigenvalue weighted by Crippen LogP contribution is 2.20. The van der Waals surface area contributed by atoms with Gasteiger partial charge < -0.3 is 15.2 Å². The number of esters is 1. The standard InChI is InChI=1S/C12H23NO3/c13-8-4-1-5-9-15-10-12(14)16-11-6-2-3-7-11/h11H,1-10,13H2. The minimum Gasteiger partial charge on any atom is -0.461 e. The van der Waals surface area contributed by atoms with Crippen LogP contribution in [0.5, 0.6) is 0 Å². The van der Waals surface area contributed by atoms with Crippen molar-refractivity contribution in [2.45, 2.75) is 51.0 Å². The molecule has 0 aromatic carbocycles. The third kappa shape index (κ3) is 6.08. The highest BCUT2D eigenvalue weighted by Gasteiger charge is 2.18. The lowest BCUT2D eigenvalue weighted by atomic mass is 10.2. The summed E-state index contributed by atoms with van der Waals surface area (Å²) < 4.78 is 10.5. The van der Waals surface area contributed by atoms with Crippen LogP contribution >= 0.6 is 0 Å². The van der Waals surface area contributed by atoms with Gasteiger partial charge in [0.05, 0.1) is 0 Å². The number of hydrogen-bond acceptors (Lipinski definition) is 4. The highest BCUT2D eigenvalue weighted by molar-refractivity contribution is 5.70. The van der Waals surface area contributed by atoms with E-state index in [4.69, 9.17) is 15.2 Å². The molecule has 1 aliphatic rings. The van der Waals surface area contributed by atoms with Gasteiger partial charge in [0.1, 0.15) is 12.7 Å². The van der Waals surface area contributed by atoms with Gasteiger partial charge in [-0.05, 0) is 51.5 Å². The van der Waals surface area contributed by atoms with Crippen molar-refractivity contribution in [3.05, 3.63) is 0 Å². The Balaban J connectivity index is 1.89. The average Bonchev–Trinajstić information content (AvgIpc) is 2.76. The largest absolute Gasteiger partial charge is 0.461 e. The van der Waals surface area contributed by atoms with Crippen LogP contribution in [0.1, 0.15) is 44.9 Å². The zero-order valence-electron chi connectivity index (χ0n) is 9.95. The van der Waals surface area contributed by atoms with Crippen LogP contribution < -0.4 is 5.73 Å². The molecule has 0 spiro atoms. The SMILES string of the molecule is NCCCCCOCC(=O)OC1CCCC1. The number of ether oxygens (including phenoxy) is 2. The molecule has 0 aliphatic heterocycles. The van der Waals surface area contributed by atoms with Gasteiger partial charge in [-0.3, -0.25) is 0 Å². The van der Waals surface area contributed by atoms with Crippen molar-refractivity contribution in [2.75, 3.05) is 19.8 Å². The van der Waals surface area contributed by atoms with E-state index in [0.717, 1.165) is 38.6 Å². The number of rotatable bonds is 8. The molecule has 0 saturated heterocycles. The predicted molar refractivity (Wildman–Crippen MR) is 62.1 cm³/mol. The number of nitrogens with two attached hydrogens (primary N) is 1. The molecule has 0 heterocycles. The molecule has 1 saturated carbocycles. The molecule has 0 bridgehead atoms. The van der Waals surface area contributed by atoms with Gasteiger partial charge in [0, 0.05) is 6.61 Å². The molecule has 4 heteroatoms. The van der Waals surface area contributed by atoms with Crippen molar-refractivity contribution in [1.82, 2.24) is 0 Å². The van der Waals surface area contributed by atoms with E-state index in [2.05, 4.69) is 0 Å². The van der Waals surface area contributed by atoms with Gasteiger partial charge in [-0.15, -0.1) is 0 Å². The lowest BCUT2D eigenvalue weighted by Gasteiger charge is -2.11. The molecule has 0 atom stereocenters. The van der Waals surface area contributed by atoms with E-state index in [1.54, 1.807) is 0 Å². The molecule has 0 aromatic heterocycles. The van der Waals surface area contributed by atoms with E-state index >= 15 is 0 Å². The summed E-state index contributed by atoms with van der Waals surface area (Å²) in [7, 11) is 0. The smallest absolute Gasteiger partial charge is 0.332 e. The first-order valence-electron chi connectivity index (χ1n) is 6.30. The van der Waals surface area contributed by atoms with Crippen molar-refractivity contribution < 1.29 is 14.3 Å². The van der Waals surface area contributed by atoms with Gasteiger partial charge in [0.2, 0.25) is 0 Å². The minimum absolute atomic E-state index is 0.0964. The van der Waals surface area contributed by atoms with Gasteiger partial charge >= 0.3 is 5.97 Å². The summed E-state index contributed by atoms with van der Waals surface area (Å²) in [5.74, 6) is -0.217. The summed E-state index contributed by atoms with van der Waals surface area (Å²) in [6.45, 7) is 1.45. The quantitative estimate of drug-likeness (QED) is 0.507. The van der Waals surface area contributed by atoms with E-state index in [1.807, 2.05) is 0 Å². The Labute approximate surface area is 97.5 Å². The first-order chi connectivity index (χ1) is 7.83. The minimum atomic E-state index is -0.217. The van der Waals surface area contributed by atoms with Crippen LogP contribution in [0.4, 0.5) is 0 Å². The zero-order chi connectivity index (χ0) is 11.6. The Morgan fingerprint density at radius 3 is 2.62 bits per heavy atom. The van der Waals surface area contributed by atoms with E-state index in [9.17, 15) is 4.79 Å². The maximum atomic E-state index is 11.3. The summed E-state index contributed by atoms with van der Waals surface area (Å²) in [4.78, 5) is 11.3. The monoisotopic (exact) mass is 229 g/mol. The van der Waals surface area contributed by atoms with Crippen molar-refractivity contribution in [2.24, 2.45) is 5.73 Å². The Kier molecular flexibility index (Phi) is 7.17. The molecule has 1 aliphatic carbocycles. The van der Waals surface area contributed by atoms with Crippen LogP contribution in [-0.4, -0.2) is 31.8 Å². The van der Waals surface area contributed by atoms with Crippen LogP contribution in [0, 0.1) is 0 Å². The average molecular weight is 229 g/mol. The lowest BCUT2D eigenvalue weighted by molar-refractivity contribution is -0.154. The first kappa shape index (κ1) is 13.5. The summed E-state index contributed by atoms with van der Waals surface area (Å²) >= 11 is 0. The number of carbonyl (C=O) groups is 1. The molecule has 16 heavy (non-hydrogen) atoms. The third-order valence-electron chi connectivity index (χ3n) is 2.81. The van der Waals surface area contributed by atoms with Crippen molar-refractivity contribution in [3.63, 3.8) is 0 Å². The van der Waals surface area contributed by atoms with Gasteiger partial charge in [-0.1, -0.05) is 0 Å². The second-order valence-corrected chi connectivity index (χ2v) is 4.30. The van der Waals surface area contributed by atoms with Gasteiger partial charge in [0.15, 0.2) is 0 Å². The fraction of sp³-hybridized carbons (Fsp3) is 0.917. The molecule has 0 aromatic rings. The van der Waals surface area contributed by atoms with Crippen LogP contribution in [0.25, 0.3) is 0 Å². The van der Waals surface area contributed by atoms with E-state index in [0.29, 0.717) is 6.61 Å². The fourth-order valence-electron chi connectivity index (χ4n) is 1.91. The lowest BCUT2D eigenvalue weighted by Crippen LogP contribution is -2.19. The van der Waals surface area contributed by atoms with Gasteiger partial charge in [0.25, 0.3) is 0 Å². The van der Waals surface area contributed by atoms with E-state index in [-0.39, 0.29) is 18.7 Å². The molecule has 0 unspecified atom stereocenters. The summed E-state index contributed by atoms with van der Waals surface area (Å²) in [6, 6.07) is 0. The zero-order valence-corrected chi connectivity index (χ0v) is 9.95. The Bertz CT molecular complexity index is 191. The molecule has 0 radical (unpaired) electrons. The van der Waals surface area contributed by atoms with Crippen LogP contribution in [0.15, 0.2) is 0 Å². The first-order valence-corrected chi connectivity index (χ1v) is 6.30. The Hall–Kier alpha value is -0.610. The molecular formula is C12H23NO3. The maximum absolute atomic E-state index is 11.3. The Morgan fingerprint density at radius 2 is 1.94 bits per heavy atom. The van der Waals surface area contributed by atoms with E-state index < -0.39 is 0 Å². The molecular weight excluding hydrogens is 206 g/mol. The van der Waals surface area contributed by atoms with E-state index in [1.165, 1.54) is 12.8 Å². The highest BCUT2D eigenvalue weighted by atomic mass is 16.6. The molecule has 0 amide bonds. The second kappa shape index (κ2) is 8.53. The van der Waals surface area contributed by atoms with Crippen molar-refractivity contribution in [1.29, 1.82) is 0 Å². The topological polar surface area (TPSA) is 61.5 Å². The van der Waals surface area contributed by atoms with Crippen LogP contribution in [0.2, 0.25) is 0 Å². The van der Waals surface area contributed by atoms with Gasteiger partial charge in [-0.2, -0.15) is 0 Å². The number of hydrogen-bond donors (Lipinski definition) is 1. The normalized spacial score (nSPS) is 16.6. The summed E-state index contributed by atoms with van der Waals surface area (Å²) in [5, 5.41) is 0. The van der Waals surface area contributed by atoms with Crippen molar-refractivity contribution >= 4 is 5.97 Å². The summed E-state index contributed by atoms with van der Waals surface area (Å²) in [5.41, 5.74) is 5.37. The molecule has 1 rings (SSSR count). The molecule has 4 nitrogen and oxygen atoms in total. The second-order valence-electron chi connectivity index (χ2n) is 4.30. The van der Waals surface area contributed by atoms with Crippen molar-refractivity contribution in [3.8, 4) is 0 Å². The molecule has 2 N–H and O–H groups in total. The number of carbonyl (C=O) groups excluding carboxylic acids is 1. The van der Waals surface area contributed by atoms with Gasteiger partial charge in [-0.25, -0.2) is 4.79 Å². The molecule has 94 valence electrons.